The Morgan fingerprint density at radius 2 is 2.11 bits per heavy atom. The van der Waals surface area contributed by atoms with Crippen LogP contribution in [-0.4, -0.2) is 12.0 Å². The Morgan fingerprint density at radius 3 is 2.89 bits per heavy atom. The highest BCUT2D eigenvalue weighted by molar-refractivity contribution is 5.33. The van der Waals surface area contributed by atoms with E-state index in [2.05, 4.69) is 10.3 Å². The first-order chi connectivity index (χ1) is 8.79. The first-order valence-electron chi connectivity index (χ1n) is 5.74. The van der Waals surface area contributed by atoms with Crippen LogP contribution in [0.3, 0.4) is 0 Å². The molecule has 0 saturated carbocycles. The Bertz CT molecular complexity index is 517. The number of aromatic nitrogens is 1. The molecule has 3 nitrogen and oxygen atoms in total. The second kappa shape index (κ2) is 6.12. The predicted octanol–water partition coefficient (Wildman–Crippen LogP) is 2.52. The van der Waals surface area contributed by atoms with E-state index < -0.39 is 0 Å². The van der Waals surface area contributed by atoms with Gasteiger partial charge in [0, 0.05) is 23.9 Å². The summed E-state index contributed by atoms with van der Waals surface area (Å²) in [6.45, 7) is 1.04. The summed E-state index contributed by atoms with van der Waals surface area (Å²) in [4.78, 5) is 3.79. The van der Waals surface area contributed by atoms with Crippen LogP contribution in [0.1, 0.15) is 11.1 Å². The molecule has 0 unspecified atom stereocenters. The summed E-state index contributed by atoms with van der Waals surface area (Å²) in [6, 6.07) is 9.20. The molecule has 0 amide bonds. The van der Waals surface area contributed by atoms with Crippen LogP contribution in [0.4, 0.5) is 4.39 Å². The number of ether oxygens (including phenoxy) is 1. The predicted molar refractivity (Wildman–Crippen MR) is 67.7 cm³/mol. The molecule has 94 valence electrons. The van der Waals surface area contributed by atoms with Crippen molar-refractivity contribution in [3.05, 3.63) is 59.7 Å². The summed E-state index contributed by atoms with van der Waals surface area (Å²) in [5.74, 6) is 0.454. The molecule has 0 aliphatic carbocycles. The van der Waals surface area contributed by atoms with Crippen molar-refractivity contribution >= 4 is 0 Å². The van der Waals surface area contributed by atoms with Crippen molar-refractivity contribution in [2.45, 2.75) is 13.2 Å². The van der Waals surface area contributed by atoms with Gasteiger partial charge < -0.3 is 10.1 Å². The molecule has 2 aromatic rings. The minimum absolute atomic E-state index is 0.311. The fourth-order valence-corrected chi connectivity index (χ4v) is 1.68. The molecule has 1 N–H and O–H groups in total. The third kappa shape index (κ3) is 3.28. The smallest absolute Gasteiger partial charge is 0.141 e. The van der Waals surface area contributed by atoms with Crippen molar-refractivity contribution in [3.63, 3.8) is 0 Å². The number of para-hydroxylation sites is 1. The van der Waals surface area contributed by atoms with Gasteiger partial charge in [-0.05, 0) is 19.2 Å². The second-order valence-corrected chi connectivity index (χ2v) is 3.94. The fourth-order valence-electron chi connectivity index (χ4n) is 1.68. The van der Waals surface area contributed by atoms with Gasteiger partial charge in [-0.15, -0.1) is 0 Å². The molecule has 1 heterocycles. The highest BCUT2D eigenvalue weighted by Gasteiger charge is 2.03. The van der Waals surface area contributed by atoms with E-state index in [0.717, 1.165) is 17.9 Å². The molecule has 2 rings (SSSR count). The van der Waals surface area contributed by atoms with E-state index in [1.54, 1.807) is 6.20 Å². The first-order valence-corrected chi connectivity index (χ1v) is 5.74. The van der Waals surface area contributed by atoms with Gasteiger partial charge in [0.15, 0.2) is 0 Å². The summed E-state index contributed by atoms with van der Waals surface area (Å²) in [5, 5.41) is 3.08. The third-order valence-corrected chi connectivity index (χ3v) is 2.50. The Labute approximate surface area is 106 Å². The van der Waals surface area contributed by atoms with E-state index in [9.17, 15) is 4.39 Å². The van der Waals surface area contributed by atoms with Crippen molar-refractivity contribution in [2.75, 3.05) is 7.05 Å². The van der Waals surface area contributed by atoms with Gasteiger partial charge in [-0.3, -0.25) is 4.98 Å². The molecule has 0 radical (unpaired) electrons. The zero-order valence-electron chi connectivity index (χ0n) is 10.2. The van der Waals surface area contributed by atoms with E-state index in [1.165, 1.54) is 12.3 Å². The van der Waals surface area contributed by atoms with Gasteiger partial charge in [-0.2, -0.15) is 0 Å². The second-order valence-electron chi connectivity index (χ2n) is 3.94. The Balaban J connectivity index is 2.06. The summed E-state index contributed by atoms with van der Waals surface area (Å²) < 4.78 is 18.6. The molecule has 4 heteroatoms. The number of nitrogens with one attached hydrogen (secondary N) is 1. The van der Waals surface area contributed by atoms with Gasteiger partial charge in [0.1, 0.15) is 18.2 Å². The number of nitrogens with zero attached hydrogens (tertiary/aromatic N) is 1. The van der Waals surface area contributed by atoms with Crippen LogP contribution < -0.4 is 10.1 Å². The standard InChI is InChI=1S/C14H15FN2O/c1-16-8-12-4-2-3-5-14(12)18-10-11-6-13(15)9-17-7-11/h2-7,9,16H,8,10H2,1H3. The maximum atomic E-state index is 13.0. The summed E-state index contributed by atoms with van der Waals surface area (Å²) in [5.41, 5.74) is 1.79. The largest absolute Gasteiger partial charge is 0.489 e. The zero-order valence-corrected chi connectivity index (χ0v) is 10.2. The topological polar surface area (TPSA) is 34.1 Å². The van der Waals surface area contributed by atoms with Crippen LogP contribution in [0.5, 0.6) is 5.75 Å². The molecule has 0 fully saturated rings. The van der Waals surface area contributed by atoms with Gasteiger partial charge in [-0.25, -0.2) is 4.39 Å². The van der Waals surface area contributed by atoms with Gasteiger partial charge in [0.2, 0.25) is 0 Å². The van der Waals surface area contributed by atoms with Crippen molar-refractivity contribution in [1.29, 1.82) is 0 Å². The van der Waals surface area contributed by atoms with Gasteiger partial charge >= 0.3 is 0 Å². The molecule has 0 bridgehead atoms. The number of rotatable bonds is 5. The lowest BCUT2D eigenvalue weighted by atomic mass is 10.2. The molecule has 18 heavy (non-hydrogen) atoms. The highest BCUT2D eigenvalue weighted by Crippen LogP contribution is 2.19. The lowest BCUT2D eigenvalue weighted by Crippen LogP contribution is -2.07. The molecule has 0 atom stereocenters. The molecular weight excluding hydrogens is 231 g/mol. The monoisotopic (exact) mass is 246 g/mol. The molecule has 1 aromatic carbocycles. The molecule has 0 aliphatic heterocycles. The van der Waals surface area contributed by atoms with Crippen molar-refractivity contribution in [1.82, 2.24) is 10.3 Å². The first kappa shape index (κ1) is 12.5. The minimum Gasteiger partial charge on any atom is -0.489 e. The van der Waals surface area contributed by atoms with Crippen LogP contribution in [0.2, 0.25) is 0 Å². The lowest BCUT2D eigenvalue weighted by molar-refractivity contribution is 0.301. The van der Waals surface area contributed by atoms with Gasteiger partial charge in [0.05, 0.1) is 6.20 Å². The highest BCUT2D eigenvalue weighted by atomic mass is 19.1. The average molecular weight is 246 g/mol. The Kier molecular flexibility index (Phi) is 4.25. The van der Waals surface area contributed by atoms with Crippen LogP contribution in [0.25, 0.3) is 0 Å². The number of hydrogen-bond donors (Lipinski definition) is 1. The van der Waals surface area contributed by atoms with Crippen molar-refractivity contribution in [3.8, 4) is 5.75 Å². The van der Waals surface area contributed by atoms with Crippen molar-refractivity contribution < 1.29 is 9.13 Å². The lowest BCUT2D eigenvalue weighted by Gasteiger charge is -2.11. The summed E-state index contributed by atoms with van der Waals surface area (Å²) in [6.07, 6.45) is 2.78. The van der Waals surface area contributed by atoms with Gasteiger partial charge in [-0.1, -0.05) is 18.2 Å². The van der Waals surface area contributed by atoms with Crippen molar-refractivity contribution in [2.24, 2.45) is 0 Å². The zero-order chi connectivity index (χ0) is 12.8. The molecule has 0 spiro atoms. The summed E-state index contributed by atoms with van der Waals surface area (Å²) >= 11 is 0. The van der Waals surface area contributed by atoms with E-state index >= 15 is 0 Å². The quantitative estimate of drug-likeness (QED) is 0.880. The SMILES string of the molecule is CNCc1ccccc1OCc1cncc(F)c1. The number of pyridine rings is 1. The Morgan fingerprint density at radius 1 is 1.28 bits per heavy atom. The van der Waals surface area contributed by atoms with Crippen LogP contribution >= 0.6 is 0 Å². The Hall–Kier alpha value is -1.94. The summed E-state index contributed by atoms with van der Waals surface area (Å²) in [7, 11) is 1.88. The fraction of sp³-hybridized carbons (Fsp3) is 0.214. The van der Waals surface area contributed by atoms with E-state index in [1.807, 2.05) is 31.3 Å². The minimum atomic E-state index is -0.348. The van der Waals surface area contributed by atoms with E-state index in [-0.39, 0.29) is 5.82 Å². The van der Waals surface area contributed by atoms with Crippen LogP contribution in [0.15, 0.2) is 42.7 Å². The number of halogens is 1. The molecule has 0 aliphatic rings. The van der Waals surface area contributed by atoms with Crippen LogP contribution in [-0.2, 0) is 13.2 Å². The van der Waals surface area contributed by atoms with Crippen LogP contribution in [0, 0.1) is 5.82 Å². The maximum Gasteiger partial charge on any atom is 0.141 e. The molecule has 0 saturated heterocycles. The van der Waals surface area contributed by atoms with E-state index in [4.69, 9.17) is 4.74 Å². The number of benzene rings is 1. The normalized spacial score (nSPS) is 10.3. The molecular formula is C14H15FN2O. The third-order valence-electron chi connectivity index (χ3n) is 2.50. The maximum absolute atomic E-state index is 13.0. The average Bonchev–Trinajstić information content (AvgIpc) is 2.38. The molecule has 1 aromatic heterocycles. The number of hydrogen-bond acceptors (Lipinski definition) is 3. The van der Waals surface area contributed by atoms with Gasteiger partial charge in [0.25, 0.3) is 0 Å². The van der Waals surface area contributed by atoms with E-state index in [0.29, 0.717) is 12.2 Å².